The standard InChI is InChI=1S/C23H25FN4O6S3/c1-13-7-21(26-35-13)37(31,32)27-16-9-14(8-15(24)22(16)34-6)17-11-25-20-10-18(33-5)19(12-28(17)20)36(29,30)23(2,3)4/h7-12,27H,1-6H3. The first-order chi connectivity index (χ1) is 17.2. The van der Waals surface area contributed by atoms with Gasteiger partial charge in [-0.3, -0.25) is 9.12 Å². The van der Waals surface area contributed by atoms with Crippen LogP contribution < -0.4 is 14.2 Å². The first kappa shape index (κ1) is 26.8. The number of sulfone groups is 1. The summed E-state index contributed by atoms with van der Waals surface area (Å²) in [6.45, 7) is 6.43. The number of fused-ring (bicyclic) bond motifs is 1. The zero-order valence-corrected chi connectivity index (χ0v) is 23.3. The van der Waals surface area contributed by atoms with Crippen LogP contribution in [0, 0.1) is 12.7 Å². The van der Waals surface area contributed by atoms with Crippen LogP contribution in [0.5, 0.6) is 11.5 Å². The van der Waals surface area contributed by atoms with Crippen molar-refractivity contribution in [1.82, 2.24) is 13.8 Å². The molecule has 0 bridgehead atoms. The third-order valence-electron chi connectivity index (χ3n) is 5.56. The zero-order chi connectivity index (χ0) is 27.3. The Morgan fingerprint density at radius 3 is 2.32 bits per heavy atom. The maximum atomic E-state index is 15.1. The molecule has 0 spiro atoms. The first-order valence-electron chi connectivity index (χ1n) is 10.8. The van der Waals surface area contributed by atoms with E-state index in [2.05, 4.69) is 14.1 Å². The molecule has 0 saturated carbocycles. The van der Waals surface area contributed by atoms with Crippen LogP contribution in [0.3, 0.4) is 0 Å². The molecule has 0 unspecified atom stereocenters. The summed E-state index contributed by atoms with van der Waals surface area (Å²) < 4.78 is 84.4. The number of hydrogen-bond donors (Lipinski definition) is 1. The van der Waals surface area contributed by atoms with Crippen molar-refractivity contribution < 1.29 is 30.7 Å². The maximum absolute atomic E-state index is 15.1. The first-order valence-corrected chi connectivity index (χ1v) is 14.6. The number of pyridine rings is 1. The van der Waals surface area contributed by atoms with Gasteiger partial charge in [0.2, 0.25) is 0 Å². The van der Waals surface area contributed by atoms with E-state index in [1.165, 1.54) is 49.2 Å². The van der Waals surface area contributed by atoms with Gasteiger partial charge in [-0.05, 0) is 57.4 Å². The second-order valence-corrected chi connectivity index (χ2v) is 14.4. The van der Waals surface area contributed by atoms with Crippen LogP contribution in [0.1, 0.15) is 25.6 Å². The molecule has 0 atom stereocenters. The Morgan fingerprint density at radius 1 is 1.05 bits per heavy atom. The normalized spacial score (nSPS) is 12.6. The summed E-state index contributed by atoms with van der Waals surface area (Å²) in [5.41, 5.74) is 0.724. The van der Waals surface area contributed by atoms with Crippen molar-refractivity contribution in [2.45, 2.75) is 42.4 Å². The van der Waals surface area contributed by atoms with E-state index in [1.807, 2.05) is 0 Å². The summed E-state index contributed by atoms with van der Waals surface area (Å²) in [4.78, 5) is 4.93. The Kier molecular flexibility index (Phi) is 6.71. The molecule has 0 aliphatic carbocycles. The Labute approximate surface area is 218 Å². The van der Waals surface area contributed by atoms with Crippen LogP contribution in [-0.4, -0.2) is 49.6 Å². The molecule has 1 aromatic carbocycles. The molecule has 0 aliphatic rings. The number of nitrogens with zero attached hydrogens (tertiary/aromatic N) is 3. The van der Waals surface area contributed by atoms with Crippen molar-refractivity contribution in [3.8, 4) is 22.8 Å². The number of hydrogen-bond acceptors (Lipinski definition) is 9. The molecule has 4 aromatic rings. The molecule has 14 heteroatoms. The van der Waals surface area contributed by atoms with E-state index in [4.69, 9.17) is 9.47 Å². The molecule has 0 amide bonds. The molecule has 198 valence electrons. The number of halogens is 1. The minimum absolute atomic E-state index is 0.0666. The average molecular weight is 569 g/mol. The third-order valence-corrected chi connectivity index (χ3v) is 10.1. The van der Waals surface area contributed by atoms with Crippen LogP contribution in [0.2, 0.25) is 0 Å². The SMILES string of the molecule is COc1cc2ncc(-c3cc(F)c(OC)c(NS(=O)(=O)c4cc(C)sn4)c3)n2cc1S(=O)(=O)C(C)(C)C. The van der Waals surface area contributed by atoms with E-state index in [-0.39, 0.29) is 32.7 Å². The monoisotopic (exact) mass is 568 g/mol. The number of nitrogens with one attached hydrogen (secondary N) is 1. The lowest BCUT2D eigenvalue weighted by atomic mass is 10.1. The molecular formula is C23H25FN4O6S3. The summed E-state index contributed by atoms with van der Waals surface area (Å²) >= 11 is 1.02. The predicted octanol–water partition coefficient (Wildman–Crippen LogP) is 4.30. The number of sulfonamides is 1. The van der Waals surface area contributed by atoms with Crippen LogP contribution in [0.15, 0.2) is 46.6 Å². The molecule has 0 saturated heterocycles. The number of aryl methyl sites for hydroxylation is 1. The highest BCUT2D eigenvalue weighted by Gasteiger charge is 2.34. The fraction of sp³-hybridized carbons (Fsp3) is 0.304. The lowest BCUT2D eigenvalue weighted by Crippen LogP contribution is -2.28. The second-order valence-electron chi connectivity index (χ2n) is 9.11. The third kappa shape index (κ3) is 4.76. The lowest BCUT2D eigenvalue weighted by molar-refractivity contribution is 0.389. The minimum atomic E-state index is -4.14. The van der Waals surface area contributed by atoms with E-state index in [0.29, 0.717) is 16.2 Å². The van der Waals surface area contributed by atoms with E-state index < -0.39 is 30.4 Å². The van der Waals surface area contributed by atoms with Gasteiger partial charge < -0.3 is 9.47 Å². The number of aromatic nitrogens is 3. The Bertz CT molecular complexity index is 1720. The van der Waals surface area contributed by atoms with Gasteiger partial charge in [0.1, 0.15) is 16.3 Å². The van der Waals surface area contributed by atoms with Crippen molar-refractivity contribution in [3.05, 3.63) is 47.4 Å². The molecule has 10 nitrogen and oxygen atoms in total. The molecule has 0 radical (unpaired) electrons. The molecular weight excluding hydrogens is 543 g/mol. The molecule has 0 aliphatic heterocycles. The Balaban J connectivity index is 1.90. The number of ether oxygens (including phenoxy) is 2. The van der Waals surface area contributed by atoms with E-state index in [1.54, 1.807) is 27.7 Å². The van der Waals surface area contributed by atoms with E-state index >= 15 is 4.39 Å². The van der Waals surface area contributed by atoms with Gasteiger partial charge in [-0.2, -0.15) is 12.8 Å². The van der Waals surface area contributed by atoms with Crippen molar-refractivity contribution in [1.29, 1.82) is 0 Å². The van der Waals surface area contributed by atoms with Crippen molar-refractivity contribution >= 4 is 42.7 Å². The van der Waals surface area contributed by atoms with Gasteiger partial charge in [0.25, 0.3) is 10.0 Å². The smallest absolute Gasteiger partial charge is 0.280 e. The van der Waals surface area contributed by atoms with Crippen LogP contribution in [0.4, 0.5) is 10.1 Å². The fourth-order valence-corrected chi connectivity index (χ4v) is 6.80. The second kappa shape index (κ2) is 9.26. The Hall–Kier alpha value is -3.23. The van der Waals surface area contributed by atoms with Gasteiger partial charge in [-0.25, -0.2) is 17.8 Å². The predicted molar refractivity (Wildman–Crippen MR) is 138 cm³/mol. The average Bonchev–Trinajstić information content (AvgIpc) is 3.43. The van der Waals surface area contributed by atoms with Crippen LogP contribution >= 0.6 is 11.5 Å². The molecule has 37 heavy (non-hydrogen) atoms. The van der Waals surface area contributed by atoms with Crippen molar-refractivity contribution in [3.63, 3.8) is 0 Å². The largest absolute Gasteiger partial charge is 0.495 e. The summed E-state index contributed by atoms with van der Waals surface area (Å²) in [7, 11) is -5.39. The van der Waals surface area contributed by atoms with Crippen molar-refractivity contribution in [2.24, 2.45) is 0 Å². The van der Waals surface area contributed by atoms with E-state index in [9.17, 15) is 16.8 Å². The molecule has 3 aromatic heterocycles. The number of methoxy groups -OCH3 is 2. The zero-order valence-electron chi connectivity index (χ0n) is 20.9. The maximum Gasteiger partial charge on any atom is 0.280 e. The molecule has 3 heterocycles. The number of rotatable bonds is 7. The van der Waals surface area contributed by atoms with Crippen molar-refractivity contribution in [2.75, 3.05) is 18.9 Å². The summed E-state index contributed by atoms with van der Waals surface area (Å²) in [5, 5.41) is -0.207. The highest BCUT2D eigenvalue weighted by molar-refractivity contribution is 7.93. The van der Waals surface area contributed by atoms with Gasteiger partial charge in [-0.1, -0.05) is 0 Å². The number of imidazole rings is 1. The van der Waals surface area contributed by atoms with Gasteiger partial charge in [0.05, 0.1) is 36.5 Å². The van der Waals surface area contributed by atoms with Gasteiger partial charge in [0.15, 0.2) is 26.4 Å². The van der Waals surface area contributed by atoms with Crippen LogP contribution in [0.25, 0.3) is 16.9 Å². The summed E-state index contributed by atoms with van der Waals surface area (Å²) in [6.07, 6.45) is 2.78. The summed E-state index contributed by atoms with van der Waals surface area (Å²) in [6, 6.07) is 5.39. The fourth-order valence-electron chi connectivity index (χ4n) is 3.58. The van der Waals surface area contributed by atoms with Crippen LogP contribution in [-0.2, 0) is 19.9 Å². The highest BCUT2D eigenvalue weighted by atomic mass is 32.2. The topological polar surface area (TPSA) is 129 Å². The summed E-state index contributed by atoms with van der Waals surface area (Å²) in [5.74, 6) is -1.03. The highest BCUT2D eigenvalue weighted by Crippen LogP contribution is 2.38. The molecule has 0 fully saturated rings. The molecule has 1 N–H and O–H groups in total. The number of anilines is 1. The van der Waals surface area contributed by atoms with Gasteiger partial charge in [0, 0.05) is 22.7 Å². The molecule has 4 rings (SSSR count). The number of benzene rings is 1. The van der Waals surface area contributed by atoms with Gasteiger partial charge >= 0.3 is 0 Å². The van der Waals surface area contributed by atoms with E-state index in [0.717, 1.165) is 17.6 Å². The minimum Gasteiger partial charge on any atom is -0.495 e. The lowest BCUT2D eigenvalue weighted by Gasteiger charge is -2.21. The quantitative estimate of drug-likeness (QED) is 0.350. The Morgan fingerprint density at radius 2 is 1.76 bits per heavy atom. The van der Waals surface area contributed by atoms with Gasteiger partial charge in [-0.15, -0.1) is 0 Å².